The van der Waals surface area contributed by atoms with E-state index in [-0.39, 0.29) is 19.0 Å². The summed E-state index contributed by atoms with van der Waals surface area (Å²) in [6, 6.07) is 1.93. The number of nitrogens with zero attached hydrogens (tertiary/aromatic N) is 1. The highest BCUT2D eigenvalue weighted by Gasteiger charge is 2.39. The number of β-amino-alcohol motifs (C(OH)–C–C–N with tert-alkyl or cyclic N) is 1. The second-order valence-electron chi connectivity index (χ2n) is 5.03. The van der Waals surface area contributed by atoms with Gasteiger partial charge >= 0.3 is 12.0 Å². The highest BCUT2D eigenvalue weighted by atomic mass is 16.4. The van der Waals surface area contributed by atoms with E-state index < -0.39 is 24.1 Å². The molecule has 20 heavy (non-hydrogen) atoms. The molecule has 2 amide bonds. The van der Waals surface area contributed by atoms with Gasteiger partial charge in [-0.25, -0.2) is 9.59 Å². The van der Waals surface area contributed by atoms with Crippen LogP contribution >= 0.6 is 0 Å². The normalized spacial score (nSPS) is 23.6. The van der Waals surface area contributed by atoms with Crippen molar-refractivity contribution in [3.63, 3.8) is 0 Å². The minimum atomic E-state index is -1.10. The number of nitrogens with one attached hydrogen (secondary N) is 1. The van der Waals surface area contributed by atoms with Crippen LogP contribution in [-0.4, -0.2) is 51.8 Å². The van der Waals surface area contributed by atoms with Crippen molar-refractivity contribution in [2.24, 2.45) is 0 Å². The minimum absolute atomic E-state index is 0.0380. The fraction of sp³-hybridized carbons (Fsp3) is 0.538. The largest absolute Gasteiger partial charge is 0.480 e. The fourth-order valence-corrected chi connectivity index (χ4v) is 2.35. The van der Waals surface area contributed by atoms with Gasteiger partial charge in [0.15, 0.2) is 0 Å². The molecule has 1 aromatic heterocycles. The Morgan fingerprint density at radius 1 is 1.60 bits per heavy atom. The molecule has 2 heterocycles. The Balaban J connectivity index is 1.92. The first-order valence-corrected chi connectivity index (χ1v) is 6.47. The van der Waals surface area contributed by atoms with Crippen LogP contribution in [0.4, 0.5) is 4.79 Å². The Morgan fingerprint density at radius 3 is 2.95 bits per heavy atom. The van der Waals surface area contributed by atoms with Gasteiger partial charge in [0.25, 0.3) is 0 Å². The predicted octanol–water partition coefficient (Wildman–Crippen LogP) is 0.440. The van der Waals surface area contributed by atoms with Gasteiger partial charge in [0, 0.05) is 25.4 Å². The molecule has 0 saturated carbocycles. The first-order valence-electron chi connectivity index (χ1n) is 6.47. The second kappa shape index (κ2) is 5.96. The van der Waals surface area contributed by atoms with Crippen LogP contribution in [0.5, 0.6) is 0 Å². The van der Waals surface area contributed by atoms with Crippen molar-refractivity contribution in [2.75, 3.05) is 6.54 Å². The number of hydrogen-bond acceptors (Lipinski definition) is 4. The van der Waals surface area contributed by atoms with E-state index in [1.807, 2.05) is 13.0 Å². The van der Waals surface area contributed by atoms with E-state index in [0.29, 0.717) is 6.42 Å². The number of aliphatic hydroxyl groups excluding tert-OH is 1. The third-order valence-electron chi connectivity index (χ3n) is 3.28. The molecule has 3 atom stereocenters. The van der Waals surface area contributed by atoms with Crippen molar-refractivity contribution in [1.82, 2.24) is 10.2 Å². The highest BCUT2D eigenvalue weighted by molar-refractivity contribution is 5.83. The Hall–Kier alpha value is -2.02. The smallest absolute Gasteiger partial charge is 0.326 e. The van der Waals surface area contributed by atoms with Gasteiger partial charge in [-0.05, 0) is 19.1 Å². The first kappa shape index (κ1) is 14.4. The van der Waals surface area contributed by atoms with Crippen LogP contribution in [0.2, 0.25) is 0 Å². The molecular formula is C13H18N2O5. The molecule has 1 aliphatic rings. The number of carbonyl (C=O) groups is 2. The maximum Gasteiger partial charge on any atom is 0.326 e. The molecule has 0 aliphatic carbocycles. The summed E-state index contributed by atoms with van der Waals surface area (Å²) in [7, 11) is 0. The third-order valence-corrected chi connectivity index (χ3v) is 3.28. The number of aliphatic hydroxyl groups is 1. The van der Waals surface area contributed by atoms with Crippen LogP contribution in [0.15, 0.2) is 22.8 Å². The van der Waals surface area contributed by atoms with E-state index in [1.54, 1.807) is 12.3 Å². The minimum Gasteiger partial charge on any atom is -0.480 e. The molecule has 3 N–H and O–H groups in total. The zero-order valence-electron chi connectivity index (χ0n) is 11.2. The summed E-state index contributed by atoms with van der Waals surface area (Å²) in [5.74, 6) is -0.357. The molecule has 0 spiro atoms. The van der Waals surface area contributed by atoms with E-state index >= 15 is 0 Å². The van der Waals surface area contributed by atoms with E-state index in [1.165, 1.54) is 0 Å². The molecule has 1 aromatic rings. The van der Waals surface area contributed by atoms with Crippen LogP contribution < -0.4 is 5.32 Å². The number of urea groups is 1. The summed E-state index contributed by atoms with van der Waals surface area (Å²) in [4.78, 5) is 24.3. The van der Waals surface area contributed by atoms with Crippen molar-refractivity contribution in [3.05, 3.63) is 24.2 Å². The molecule has 0 bridgehead atoms. The van der Waals surface area contributed by atoms with E-state index in [4.69, 9.17) is 9.52 Å². The summed E-state index contributed by atoms with van der Waals surface area (Å²) >= 11 is 0. The molecule has 1 aliphatic heterocycles. The molecule has 7 heteroatoms. The van der Waals surface area contributed by atoms with Crippen LogP contribution in [-0.2, 0) is 11.2 Å². The number of carboxylic acid groups (broad SMARTS) is 1. The zero-order valence-corrected chi connectivity index (χ0v) is 11.2. The Bertz CT molecular complexity index is 473. The lowest BCUT2D eigenvalue weighted by molar-refractivity contribution is -0.141. The standard InChI is InChI=1S/C13H18N2O5/c1-8(5-10-3-2-4-20-10)14-13(19)15-7-9(16)6-11(15)12(17)18/h2-4,8-9,11,16H,5-7H2,1H3,(H,14,19)(H,17,18)/t8?,9-,11+/m1/s1. The lowest BCUT2D eigenvalue weighted by Gasteiger charge is -2.23. The molecule has 110 valence electrons. The van der Waals surface area contributed by atoms with Gasteiger partial charge in [-0.15, -0.1) is 0 Å². The first-order chi connectivity index (χ1) is 9.47. The number of likely N-dealkylation sites (tertiary alicyclic amines) is 1. The molecule has 1 fully saturated rings. The van der Waals surface area contributed by atoms with E-state index in [0.717, 1.165) is 10.7 Å². The number of rotatable bonds is 4. The third kappa shape index (κ3) is 3.30. The van der Waals surface area contributed by atoms with Gasteiger partial charge in [-0.3, -0.25) is 0 Å². The lowest BCUT2D eigenvalue weighted by atomic mass is 10.2. The average molecular weight is 282 g/mol. The number of hydrogen-bond donors (Lipinski definition) is 3. The van der Waals surface area contributed by atoms with E-state index in [2.05, 4.69) is 5.32 Å². The van der Waals surface area contributed by atoms with Gasteiger partial charge in [-0.2, -0.15) is 0 Å². The number of furan rings is 1. The Morgan fingerprint density at radius 2 is 2.35 bits per heavy atom. The predicted molar refractivity (Wildman–Crippen MR) is 69.2 cm³/mol. The van der Waals surface area contributed by atoms with Crippen molar-refractivity contribution in [3.8, 4) is 0 Å². The summed E-state index contributed by atoms with van der Waals surface area (Å²) in [5.41, 5.74) is 0. The summed E-state index contributed by atoms with van der Waals surface area (Å²) < 4.78 is 5.19. The molecule has 1 saturated heterocycles. The van der Waals surface area contributed by atoms with Crippen LogP contribution in [0, 0.1) is 0 Å². The van der Waals surface area contributed by atoms with Gasteiger partial charge in [-0.1, -0.05) is 0 Å². The van der Waals surface area contributed by atoms with Crippen LogP contribution in [0.3, 0.4) is 0 Å². The van der Waals surface area contributed by atoms with Crippen LogP contribution in [0.1, 0.15) is 19.1 Å². The number of carbonyl (C=O) groups excluding carboxylic acids is 1. The lowest BCUT2D eigenvalue weighted by Crippen LogP contribution is -2.49. The van der Waals surface area contributed by atoms with Gasteiger partial charge in [0.2, 0.25) is 0 Å². The zero-order chi connectivity index (χ0) is 14.7. The Kier molecular flexibility index (Phi) is 4.29. The maximum atomic E-state index is 12.1. The van der Waals surface area contributed by atoms with Gasteiger partial charge in [0.1, 0.15) is 11.8 Å². The average Bonchev–Trinajstić information content (AvgIpc) is 2.97. The quantitative estimate of drug-likeness (QED) is 0.743. The SMILES string of the molecule is CC(Cc1ccco1)NC(=O)N1C[C@H](O)C[C@H]1C(=O)O. The number of carboxylic acids is 1. The highest BCUT2D eigenvalue weighted by Crippen LogP contribution is 2.18. The topological polar surface area (TPSA) is 103 Å². The Labute approximate surface area is 116 Å². The van der Waals surface area contributed by atoms with Crippen molar-refractivity contribution < 1.29 is 24.2 Å². The maximum absolute atomic E-state index is 12.1. The second-order valence-corrected chi connectivity index (χ2v) is 5.03. The summed E-state index contributed by atoms with van der Waals surface area (Å²) in [6.07, 6.45) is 1.35. The number of aliphatic carboxylic acids is 1. The molecule has 0 radical (unpaired) electrons. The summed E-state index contributed by atoms with van der Waals surface area (Å²) in [5, 5.41) is 21.3. The molecule has 0 aromatic carbocycles. The molecular weight excluding hydrogens is 264 g/mol. The van der Waals surface area contributed by atoms with Gasteiger partial charge < -0.3 is 24.8 Å². The van der Waals surface area contributed by atoms with Crippen molar-refractivity contribution in [1.29, 1.82) is 0 Å². The molecule has 2 rings (SSSR count). The monoisotopic (exact) mass is 282 g/mol. The fourth-order valence-electron chi connectivity index (χ4n) is 2.35. The number of amides is 2. The van der Waals surface area contributed by atoms with E-state index in [9.17, 15) is 14.7 Å². The molecule has 7 nitrogen and oxygen atoms in total. The van der Waals surface area contributed by atoms with Crippen LogP contribution in [0.25, 0.3) is 0 Å². The molecule has 1 unspecified atom stereocenters. The van der Waals surface area contributed by atoms with Crippen molar-refractivity contribution >= 4 is 12.0 Å². The summed E-state index contributed by atoms with van der Waals surface area (Å²) in [6.45, 7) is 1.85. The van der Waals surface area contributed by atoms with Crippen molar-refractivity contribution in [2.45, 2.75) is 38.0 Å². The van der Waals surface area contributed by atoms with Gasteiger partial charge in [0.05, 0.1) is 12.4 Å².